The van der Waals surface area contributed by atoms with Crippen molar-refractivity contribution in [3.63, 3.8) is 0 Å². The molecule has 2 atom stereocenters. The first-order chi connectivity index (χ1) is 8.65. The molecular formula is C12H20N4O2. The first kappa shape index (κ1) is 13.0. The molecule has 6 nitrogen and oxygen atoms in total. The summed E-state index contributed by atoms with van der Waals surface area (Å²) in [6, 6.07) is 0.122. The maximum absolute atomic E-state index is 12.4. The minimum Gasteiger partial charge on any atom is -0.375 e. The normalized spacial score (nSPS) is 24.3. The average molecular weight is 252 g/mol. The zero-order chi connectivity index (χ0) is 13.1. The van der Waals surface area contributed by atoms with Crippen LogP contribution in [-0.4, -0.2) is 51.3 Å². The minimum absolute atomic E-state index is 0.0707. The average Bonchev–Trinajstić information content (AvgIpc) is 2.86. The monoisotopic (exact) mass is 252 g/mol. The second kappa shape index (κ2) is 5.48. The molecule has 1 aromatic rings. The van der Waals surface area contributed by atoms with E-state index < -0.39 is 0 Å². The molecule has 0 bridgehead atoms. The Kier molecular flexibility index (Phi) is 3.96. The number of aryl methyl sites for hydroxylation is 1. The fourth-order valence-corrected chi connectivity index (χ4v) is 2.11. The van der Waals surface area contributed by atoms with Crippen LogP contribution in [0.4, 0.5) is 0 Å². The van der Waals surface area contributed by atoms with Gasteiger partial charge in [0, 0.05) is 13.0 Å². The number of hydrogen-bond donors (Lipinski definition) is 1. The molecule has 0 spiro atoms. The van der Waals surface area contributed by atoms with Crippen LogP contribution in [0.5, 0.6) is 0 Å². The van der Waals surface area contributed by atoms with Crippen molar-refractivity contribution >= 4 is 5.91 Å². The number of carbonyl (C=O) groups is 1. The zero-order valence-electron chi connectivity index (χ0n) is 11.1. The summed E-state index contributed by atoms with van der Waals surface area (Å²) >= 11 is 0. The number of nitrogens with one attached hydrogen (secondary N) is 1. The Hall–Kier alpha value is -1.43. The molecule has 18 heavy (non-hydrogen) atoms. The van der Waals surface area contributed by atoms with Crippen LogP contribution < -0.4 is 0 Å². The lowest BCUT2D eigenvalue weighted by molar-refractivity contribution is -0.0447. The summed E-state index contributed by atoms with van der Waals surface area (Å²) < 4.78 is 5.58. The van der Waals surface area contributed by atoms with Gasteiger partial charge in [0.15, 0.2) is 0 Å². The van der Waals surface area contributed by atoms with E-state index in [-0.39, 0.29) is 23.9 Å². The fraction of sp³-hybridized carbons (Fsp3) is 0.750. The summed E-state index contributed by atoms with van der Waals surface area (Å²) in [5.74, 6) is 0.903. The number of ether oxygens (including phenoxy) is 1. The number of morpholine rings is 1. The number of amides is 1. The Labute approximate surface area is 107 Å². The molecule has 0 aliphatic carbocycles. The summed E-state index contributed by atoms with van der Waals surface area (Å²) in [6.45, 7) is 7.20. The number of aromatic amines is 1. The van der Waals surface area contributed by atoms with E-state index in [0.717, 1.165) is 18.7 Å². The van der Waals surface area contributed by atoms with E-state index in [1.807, 2.05) is 18.7 Å². The SMILES string of the molecule is CCc1nc(C(=O)N2CC(C)OCC2CC)n[nH]1. The molecule has 2 heterocycles. The second-order valence-corrected chi connectivity index (χ2v) is 4.62. The van der Waals surface area contributed by atoms with Crippen LogP contribution >= 0.6 is 0 Å². The quantitative estimate of drug-likeness (QED) is 0.871. The van der Waals surface area contributed by atoms with Crippen molar-refractivity contribution in [2.24, 2.45) is 0 Å². The van der Waals surface area contributed by atoms with Crippen LogP contribution in [-0.2, 0) is 11.2 Å². The zero-order valence-corrected chi connectivity index (χ0v) is 11.1. The van der Waals surface area contributed by atoms with E-state index in [1.54, 1.807) is 0 Å². The van der Waals surface area contributed by atoms with E-state index in [0.29, 0.717) is 13.2 Å². The van der Waals surface area contributed by atoms with Crippen LogP contribution in [0, 0.1) is 0 Å². The molecule has 2 rings (SSSR count). The van der Waals surface area contributed by atoms with Gasteiger partial charge in [0.05, 0.1) is 18.8 Å². The third-order valence-electron chi connectivity index (χ3n) is 3.26. The molecule has 1 fully saturated rings. The van der Waals surface area contributed by atoms with E-state index in [4.69, 9.17) is 4.74 Å². The topological polar surface area (TPSA) is 71.1 Å². The number of nitrogens with zero attached hydrogens (tertiary/aromatic N) is 3. The number of hydrogen-bond acceptors (Lipinski definition) is 4. The van der Waals surface area contributed by atoms with Crippen molar-refractivity contribution in [3.05, 3.63) is 11.6 Å². The molecule has 1 saturated heterocycles. The summed E-state index contributed by atoms with van der Waals surface area (Å²) in [6.07, 6.45) is 1.70. The van der Waals surface area contributed by atoms with E-state index in [9.17, 15) is 4.79 Å². The molecule has 0 aromatic carbocycles. The van der Waals surface area contributed by atoms with Crippen LogP contribution in [0.1, 0.15) is 43.6 Å². The first-order valence-electron chi connectivity index (χ1n) is 6.49. The highest BCUT2D eigenvalue weighted by Crippen LogP contribution is 2.16. The number of aromatic nitrogens is 3. The van der Waals surface area contributed by atoms with E-state index >= 15 is 0 Å². The third-order valence-corrected chi connectivity index (χ3v) is 3.26. The van der Waals surface area contributed by atoms with E-state index in [2.05, 4.69) is 22.1 Å². The lowest BCUT2D eigenvalue weighted by Gasteiger charge is -2.37. The molecule has 0 radical (unpaired) electrons. The van der Waals surface area contributed by atoms with Gasteiger partial charge in [0.2, 0.25) is 5.82 Å². The number of rotatable bonds is 3. The van der Waals surface area contributed by atoms with Crippen molar-refractivity contribution in [3.8, 4) is 0 Å². The van der Waals surface area contributed by atoms with Crippen molar-refractivity contribution < 1.29 is 9.53 Å². The van der Waals surface area contributed by atoms with Crippen LogP contribution in [0.15, 0.2) is 0 Å². The Morgan fingerprint density at radius 1 is 1.56 bits per heavy atom. The molecular weight excluding hydrogens is 232 g/mol. The summed E-state index contributed by atoms with van der Waals surface area (Å²) in [5.41, 5.74) is 0. The van der Waals surface area contributed by atoms with Gasteiger partial charge >= 0.3 is 0 Å². The van der Waals surface area contributed by atoms with Gasteiger partial charge in [-0.05, 0) is 13.3 Å². The molecule has 1 N–H and O–H groups in total. The smallest absolute Gasteiger partial charge is 0.293 e. The van der Waals surface area contributed by atoms with Crippen LogP contribution in [0.2, 0.25) is 0 Å². The van der Waals surface area contributed by atoms with Crippen molar-refractivity contribution in [2.75, 3.05) is 13.2 Å². The third kappa shape index (κ3) is 2.53. The first-order valence-corrected chi connectivity index (χ1v) is 6.49. The molecule has 6 heteroatoms. The highest BCUT2D eigenvalue weighted by Gasteiger charge is 2.31. The van der Waals surface area contributed by atoms with Gasteiger partial charge in [-0.15, -0.1) is 5.10 Å². The minimum atomic E-state index is -0.104. The standard InChI is InChI=1S/C12H20N4O2/c1-4-9-7-18-8(3)6-16(9)12(17)11-13-10(5-2)14-15-11/h8-9H,4-7H2,1-3H3,(H,13,14,15). The molecule has 1 aliphatic heterocycles. The summed E-state index contributed by atoms with van der Waals surface area (Å²) in [4.78, 5) is 18.4. The Bertz CT molecular complexity index is 418. The number of carbonyl (C=O) groups excluding carboxylic acids is 1. The maximum atomic E-state index is 12.4. The van der Waals surface area contributed by atoms with Gasteiger partial charge in [0.1, 0.15) is 5.82 Å². The fourth-order valence-electron chi connectivity index (χ4n) is 2.11. The Morgan fingerprint density at radius 2 is 2.33 bits per heavy atom. The maximum Gasteiger partial charge on any atom is 0.293 e. The highest BCUT2D eigenvalue weighted by atomic mass is 16.5. The van der Waals surface area contributed by atoms with Crippen molar-refractivity contribution in [2.45, 2.75) is 45.8 Å². The molecule has 100 valence electrons. The van der Waals surface area contributed by atoms with E-state index in [1.165, 1.54) is 0 Å². The molecule has 0 saturated carbocycles. The van der Waals surface area contributed by atoms with Gasteiger partial charge in [-0.25, -0.2) is 4.98 Å². The number of H-pyrrole nitrogens is 1. The van der Waals surface area contributed by atoms with Gasteiger partial charge in [0.25, 0.3) is 5.91 Å². The van der Waals surface area contributed by atoms with Gasteiger partial charge < -0.3 is 9.64 Å². The lowest BCUT2D eigenvalue weighted by Crippen LogP contribution is -2.51. The highest BCUT2D eigenvalue weighted by molar-refractivity contribution is 5.90. The largest absolute Gasteiger partial charge is 0.375 e. The lowest BCUT2D eigenvalue weighted by atomic mass is 10.1. The summed E-state index contributed by atoms with van der Waals surface area (Å²) in [5, 5.41) is 6.77. The second-order valence-electron chi connectivity index (χ2n) is 4.62. The molecule has 1 aromatic heterocycles. The summed E-state index contributed by atoms with van der Waals surface area (Å²) in [7, 11) is 0. The molecule has 2 unspecified atom stereocenters. The van der Waals surface area contributed by atoms with Gasteiger partial charge in [-0.1, -0.05) is 13.8 Å². The van der Waals surface area contributed by atoms with Crippen molar-refractivity contribution in [1.29, 1.82) is 0 Å². The van der Waals surface area contributed by atoms with Crippen LogP contribution in [0.3, 0.4) is 0 Å². The van der Waals surface area contributed by atoms with Gasteiger partial charge in [-0.3, -0.25) is 9.89 Å². The van der Waals surface area contributed by atoms with Gasteiger partial charge in [-0.2, -0.15) is 0 Å². The Morgan fingerprint density at radius 3 is 2.94 bits per heavy atom. The molecule has 1 amide bonds. The predicted molar refractivity (Wildman–Crippen MR) is 66.3 cm³/mol. The van der Waals surface area contributed by atoms with Crippen LogP contribution in [0.25, 0.3) is 0 Å². The Balaban J connectivity index is 2.14. The molecule has 1 aliphatic rings. The van der Waals surface area contributed by atoms with Crippen molar-refractivity contribution in [1.82, 2.24) is 20.1 Å². The predicted octanol–water partition coefficient (Wildman–Crippen LogP) is 1.01.